The first-order valence-electron chi connectivity index (χ1n) is 6.27. The zero-order valence-corrected chi connectivity index (χ0v) is 12.6. The number of aromatic nitrogens is 2. The van der Waals surface area contributed by atoms with Gasteiger partial charge >= 0.3 is 0 Å². The molecule has 2 aromatic rings. The minimum Gasteiger partial charge on any atom is -0.493 e. The molecule has 0 aliphatic heterocycles. The molecular weight excluding hydrogens is 324 g/mol. The molecule has 0 unspecified atom stereocenters. The molecule has 0 amide bonds. The number of ether oxygens (including phenoxy) is 1. The van der Waals surface area contributed by atoms with Crippen molar-refractivity contribution in [3.63, 3.8) is 0 Å². The third-order valence-corrected chi connectivity index (χ3v) is 3.14. The zero-order chi connectivity index (χ0) is 14.5. The normalized spacial score (nSPS) is 10.7. The number of nitrogens with one attached hydrogen (secondary N) is 1. The van der Waals surface area contributed by atoms with Crippen molar-refractivity contribution >= 4 is 15.9 Å². The van der Waals surface area contributed by atoms with Crippen LogP contribution in [0, 0.1) is 0 Å². The standard InChI is InChI=1S/C14H15BrN2O3/c1-2-6-20-8-11-16-13(18)12(14(19)17-11)9-4-3-5-10(15)7-9/h3-5,7H,2,6,8H2,1H3,(H2,16,17,18,19). The molecule has 5 nitrogen and oxygen atoms in total. The summed E-state index contributed by atoms with van der Waals surface area (Å²) in [4.78, 5) is 18.7. The Morgan fingerprint density at radius 2 is 2.25 bits per heavy atom. The molecule has 0 saturated carbocycles. The van der Waals surface area contributed by atoms with Crippen LogP contribution in [0.4, 0.5) is 0 Å². The summed E-state index contributed by atoms with van der Waals surface area (Å²) >= 11 is 3.33. The highest BCUT2D eigenvalue weighted by molar-refractivity contribution is 9.10. The predicted molar refractivity (Wildman–Crippen MR) is 79.6 cm³/mol. The smallest absolute Gasteiger partial charge is 0.262 e. The van der Waals surface area contributed by atoms with Crippen LogP contribution in [0.25, 0.3) is 11.1 Å². The lowest BCUT2D eigenvalue weighted by atomic mass is 10.1. The third kappa shape index (κ3) is 3.46. The molecule has 0 atom stereocenters. The van der Waals surface area contributed by atoms with Gasteiger partial charge in [-0.05, 0) is 24.1 Å². The Balaban J connectivity index is 2.34. The lowest BCUT2D eigenvalue weighted by molar-refractivity contribution is 0.115. The second kappa shape index (κ2) is 6.67. The topological polar surface area (TPSA) is 75.2 Å². The van der Waals surface area contributed by atoms with E-state index in [-0.39, 0.29) is 23.6 Å². The maximum atomic E-state index is 12.1. The fraction of sp³-hybridized carbons (Fsp3) is 0.286. The maximum absolute atomic E-state index is 12.1. The average Bonchev–Trinajstić information content (AvgIpc) is 2.38. The van der Waals surface area contributed by atoms with E-state index in [1.54, 1.807) is 18.2 Å². The van der Waals surface area contributed by atoms with Gasteiger partial charge in [-0.2, -0.15) is 4.98 Å². The van der Waals surface area contributed by atoms with E-state index >= 15 is 0 Å². The molecule has 106 valence electrons. The van der Waals surface area contributed by atoms with Crippen LogP contribution in [-0.4, -0.2) is 21.7 Å². The highest BCUT2D eigenvalue weighted by atomic mass is 79.9. The predicted octanol–water partition coefficient (Wildman–Crippen LogP) is 2.83. The monoisotopic (exact) mass is 338 g/mol. The number of H-pyrrole nitrogens is 1. The molecule has 1 heterocycles. The molecule has 0 saturated heterocycles. The van der Waals surface area contributed by atoms with Crippen molar-refractivity contribution < 1.29 is 9.84 Å². The molecule has 0 fully saturated rings. The van der Waals surface area contributed by atoms with Crippen molar-refractivity contribution in [1.82, 2.24) is 9.97 Å². The molecule has 1 aromatic heterocycles. The fourth-order valence-corrected chi connectivity index (χ4v) is 2.19. The third-order valence-electron chi connectivity index (χ3n) is 2.65. The molecule has 0 aliphatic rings. The van der Waals surface area contributed by atoms with Gasteiger partial charge in [0.1, 0.15) is 18.0 Å². The van der Waals surface area contributed by atoms with Gasteiger partial charge in [0, 0.05) is 11.1 Å². The Hall–Kier alpha value is -1.66. The Morgan fingerprint density at radius 3 is 2.90 bits per heavy atom. The van der Waals surface area contributed by atoms with Crippen LogP contribution in [0.2, 0.25) is 0 Å². The number of hydrogen-bond acceptors (Lipinski definition) is 4. The fourth-order valence-electron chi connectivity index (χ4n) is 1.79. The number of hydrogen-bond donors (Lipinski definition) is 2. The number of nitrogens with zero attached hydrogens (tertiary/aromatic N) is 1. The van der Waals surface area contributed by atoms with Crippen molar-refractivity contribution in [2.45, 2.75) is 20.0 Å². The molecule has 0 bridgehead atoms. The quantitative estimate of drug-likeness (QED) is 0.822. The molecule has 6 heteroatoms. The molecule has 20 heavy (non-hydrogen) atoms. The summed E-state index contributed by atoms with van der Waals surface area (Å²) in [6.45, 7) is 2.75. The first-order chi connectivity index (χ1) is 9.61. The molecule has 0 aliphatic carbocycles. The van der Waals surface area contributed by atoms with E-state index in [2.05, 4.69) is 25.9 Å². The van der Waals surface area contributed by atoms with Crippen molar-refractivity contribution in [3.05, 3.63) is 44.9 Å². The van der Waals surface area contributed by atoms with E-state index in [9.17, 15) is 9.90 Å². The van der Waals surface area contributed by atoms with Gasteiger partial charge in [0.15, 0.2) is 0 Å². The van der Waals surface area contributed by atoms with Crippen molar-refractivity contribution in [3.8, 4) is 17.0 Å². The number of rotatable bonds is 5. The Bertz CT molecular complexity index is 655. The van der Waals surface area contributed by atoms with E-state index in [1.807, 2.05) is 13.0 Å². The van der Waals surface area contributed by atoms with Crippen LogP contribution < -0.4 is 5.56 Å². The maximum Gasteiger partial charge on any atom is 0.262 e. The van der Waals surface area contributed by atoms with E-state index in [0.29, 0.717) is 18.0 Å². The van der Waals surface area contributed by atoms with Gasteiger partial charge in [0.05, 0.1) is 0 Å². The molecule has 0 radical (unpaired) electrons. The van der Waals surface area contributed by atoms with E-state index in [4.69, 9.17) is 4.74 Å². The summed E-state index contributed by atoms with van der Waals surface area (Å²) in [5, 5.41) is 9.97. The van der Waals surface area contributed by atoms with Gasteiger partial charge in [-0.25, -0.2) is 0 Å². The lowest BCUT2D eigenvalue weighted by Gasteiger charge is -2.07. The van der Waals surface area contributed by atoms with Crippen LogP contribution in [0.3, 0.4) is 0 Å². The molecule has 2 rings (SSSR count). The molecule has 0 spiro atoms. The summed E-state index contributed by atoms with van der Waals surface area (Å²) < 4.78 is 6.12. The van der Waals surface area contributed by atoms with Crippen LogP contribution in [-0.2, 0) is 11.3 Å². The van der Waals surface area contributed by atoms with Gasteiger partial charge in [-0.1, -0.05) is 35.0 Å². The second-order valence-electron chi connectivity index (χ2n) is 4.27. The minimum atomic E-state index is -0.384. The lowest BCUT2D eigenvalue weighted by Crippen LogP contribution is -2.15. The van der Waals surface area contributed by atoms with E-state index < -0.39 is 0 Å². The summed E-state index contributed by atoms with van der Waals surface area (Å²) in [5.74, 6) is 0.0293. The summed E-state index contributed by atoms with van der Waals surface area (Å²) in [6.07, 6.45) is 0.881. The van der Waals surface area contributed by atoms with Gasteiger partial charge in [-0.15, -0.1) is 0 Å². The first-order valence-corrected chi connectivity index (χ1v) is 7.07. The minimum absolute atomic E-state index is 0.158. The first kappa shape index (κ1) is 14.7. The summed E-state index contributed by atoms with van der Waals surface area (Å²) in [6, 6.07) is 7.12. The molecule has 2 N–H and O–H groups in total. The number of aromatic amines is 1. The zero-order valence-electron chi connectivity index (χ0n) is 11.0. The Morgan fingerprint density at radius 1 is 1.45 bits per heavy atom. The van der Waals surface area contributed by atoms with Crippen molar-refractivity contribution in [2.24, 2.45) is 0 Å². The van der Waals surface area contributed by atoms with E-state index in [0.717, 1.165) is 10.9 Å². The average molecular weight is 339 g/mol. The molecule has 1 aromatic carbocycles. The Labute approximate surface area is 124 Å². The van der Waals surface area contributed by atoms with E-state index in [1.165, 1.54) is 0 Å². The van der Waals surface area contributed by atoms with Crippen molar-refractivity contribution in [2.75, 3.05) is 6.61 Å². The van der Waals surface area contributed by atoms with Crippen LogP contribution in [0.1, 0.15) is 19.2 Å². The molecular formula is C14H15BrN2O3. The van der Waals surface area contributed by atoms with Gasteiger partial charge in [0.2, 0.25) is 5.88 Å². The van der Waals surface area contributed by atoms with Gasteiger partial charge in [-0.3, -0.25) is 4.79 Å². The van der Waals surface area contributed by atoms with Crippen LogP contribution in [0.5, 0.6) is 5.88 Å². The van der Waals surface area contributed by atoms with Gasteiger partial charge < -0.3 is 14.8 Å². The summed E-state index contributed by atoms with van der Waals surface area (Å²) in [7, 11) is 0. The van der Waals surface area contributed by atoms with Crippen LogP contribution in [0.15, 0.2) is 33.5 Å². The second-order valence-corrected chi connectivity index (χ2v) is 5.19. The van der Waals surface area contributed by atoms with Crippen molar-refractivity contribution in [1.29, 1.82) is 0 Å². The van der Waals surface area contributed by atoms with Gasteiger partial charge in [0.25, 0.3) is 5.56 Å². The Kier molecular flexibility index (Phi) is 4.92. The highest BCUT2D eigenvalue weighted by Crippen LogP contribution is 2.25. The number of benzene rings is 1. The highest BCUT2D eigenvalue weighted by Gasteiger charge is 2.13. The summed E-state index contributed by atoms with van der Waals surface area (Å²) in [5.41, 5.74) is 0.378. The SMILES string of the molecule is CCCOCc1nc(O)c(-c2cccc(Br)c2)c(=O)[nH]1. The van der Waals surface area contributed by atoms with Crippen LogP contribution >= 0.6 is 15.9 Å². The number of aromatic hydroxyl groups is 1. The number of halogens is 1. The largest absolute Gasteiger partial charge is 0.493 e.